The van der Waals surface area contributed by atoms with Gasteiger partial charge in [-0.05, 0) is 19.1 Å². The summed E-state index contributed by atoms with van der Waals surface area (Å²) in [5.41, 5.74) is 7.48. The quantitative estimate of drug-likeness (QED) is 0.728. The lowest BCUT2D eigenvalue weighted by atomic mass is 10.2. The number of hydrogen-bond acceptors (Lipinski definition) is 7. The highest BCUT2D eigenvalue weighted by atomic mass is 32.2. The van der Waals surface area contributed by atoms with E-state index in [1.165, 1.54) is 21.8 Å². The molecule has 108 valence electrons. The zero-order valence-corrected chi connectivity index (χ0v) is 13.1. The lowest BCUT2D eigenvalue weighted by Gasteiger charge is -1.99. The SMILES string of the molecule is Cc1cccc(SCc2noc(-c3csc(CN)n3)n2)c1. The molecule has 1 aromatic carbocycles. The Morgan fingerprint density at radius 3 is 3.00 bits per heavy atom. The molecule has 7 heteroatoms. The molecule has 5 nitrogen and oxygen atoms in total. The maximum atomic E-state index is 5.55. The predicted octanol–water partition coefficient (Wildman–Crippen LogP) is 3.25. The van der Waals surface area contributed by atoms with Gasteiger partial charge in [0, 0.05) is 16.8 Å². The molecule has 0 spiro atoms. The molecule has 0 saturated heterocycles. The highest BCUT2D eigenvalue weighted by Gasteiger charge is 2.12. The lowest BCUT2D eigenvalue weighted by molar-refractivity contribution is 0.424. The van der Waals surface area contributed by atoms with Gasteiger partial charge in [0.05, 0.1) is 5.75 Å². The summed E-state index contributed by atoms with van der Waals surface area (Å²) >= 11 is 3.18. The van der Waals surface area contributed by atoms with Gasteiger partial charge in [0.15, 0.2) is 5.82 Å². The first-order valence-corrected chi connectivity index (χ1v) is 8.28. The molecule has 2 N–H and O–H groups in total. The zero-order chi connectivity index (χ0) is 14.7. The third-order valence-corrected chi connectivity index (χ3v) is 4.63. The summed E-state index contributed by atoms with van der Waals surface area (Å²) in [6.45, 7) is 2.50. The molecule has 3 aromatic rings. The molecule has 0 bridgehead atoms. The van der Waals surface area contributed by atoms with Crippen molar-refractivity contribution in [2.24, 2.45) is 5.73 Å². The standard InChI is InChI=1S/C14H14N4OS2/c1-9-3-2-4-10(5-9)20-8-12-17-14(19-18-12)11-7-21-13(6-15)16-11/h2-5,7H,6,8,15H2,1H3. The van der Waals surface area contributed by atoms with Gasteiger partial charge >= 0.3 is 0 Å². The first-order chi connectivity index (χ1) is 10.2. The van der Waals surface area contributed by atoms with E-state index in [9.17, 15) is 0 Å². The normalized spacial score (nSPS) is 11.0. The number of hydrogen-bond donors (Lipinski definition) is 1. The fourth-order valence-electron chi connectivity index (χ4n) is 1.77. The van der Waals surface area contributed by atoms with Crippen LogP contribution in [0.5, 0.6) is 0 Å². The van der Waals surface area contributed by atoms with Gasteiger partial charge in [-0.15, -0.1) is 23.1 Å². The fraction of sp³-hybridized carbons (Fsp3) is 0.214. The van der Waals surface area contributed by atoms with Crippen molar-refractivity contribution >= 4 is 23.1 Å². The maximum Gasteiger partial charge on any atom is 0.277 e. The molecular weight excluding hydrogens is 304 g/mol. The summed E-state index contributed by atoms with van der Waals surface area (Å²) in [6.07, 6.45) is 0. The Morgan fingerprint density at radius 2 is 2.24 bits per heavy atom. The fourth-order valence-corrected chi connectivity index (χ4v) is 3.28. The number of aryl methyl sites for hydroxylation is 1. The van der Waals surface area contributed by atoms with Crippen LogP contribution in [0.25, 0.3) is 11.6 Å². The molecule has 21 heavy (non-hydrogen) atoms. The van der Waals surface area contributed by atoms with E-state index >= 15 is 0 Å². The average Bonchev–Trinajstić information content (AvgIpc) is 3.14. The Morgan fingerprint density at radius 1 is 1.33 bits per heavy atom. The molecule has 0 saturated carbocycles. The Balaban J connectivity index is 1.67. The minimum atomic E-state index is 0.425. The van der Waals surface area contributed by atoms with Crippen LogP contribution in [0.4, 0.5) is 0 Å². The van der Waals surface area contributed by atoms with Crippen molar-refractivity contribution in [1.82, 2.24) is 15.1 Å². The molecule has 0 atom stereocenters. The third kappa shape index (κ3) is 3.49. The lowest BCUT2D eigenvalue weighted by Crippen LogP contribution is -1.94. The van der Waals surface area contributed by atoms with Crippen molar-refractivity contribution in [3.8, 4) is 11.6 Å². The monoisotopic (exact) mass is 318 g/mol. The molecule has 0 amide bonds. The number of rotatable bonds is 5. The number of nitrogens with two attached hydrogens (primary N) is 1. The highest BCUT2D eigenvalue weighted by molar-refractivity contribution is 7.98. The van der Waals surface area contributed by atoms with E-state index in [2.05, 4.69) is 40.2 Å². The molecule has 0 aliphatic heterocycles. The van der Waals surface area contributed by atoms with E-state index in [0.29, 0.717) is 29.7 Å². The second-order valence-corrected chi connectivity index (χ2v) is 6.44. The predicted molar refractivity (Wildman–Crippen MR) is 84.0 cm³/mol. The first-order valence-electron chi connectivity index (χ1n) is 6.41. The molecule has 0 aliphatic carbocycles. The Hall–Kier alpha value is -1.70. The van der Waals surface area contributed by atoms with Crippen LogP contribution in [0.15, 0.2) is 39.1 Å². The smallest absolute Gasteiger partial charge is 0.277 e. The molecule has 3 rings (SSSR count). The van der Waals surface area contributed by atoms with Crippen LogP contribution in [0.3, 0.4) is 0 Å². The minimum Gasteiger partial charge on any atom is -0.332 e. The summed E-state index contributed by atoms with van der Waals surface area (Å²) in [4.78, 5) is 9.90. The van der Waals surface area contributed by atoms with Crippen molar-refractivity contribution in [3.63, 3.8) is 0 Å². The van der Waals surface area contributed by atoms with Gasteiger partial charge in [-0.2, -0.15) is 4.98 Å². The van der Waals surface area contributed by atoms with Crippen molar-refractivity contribution in [2.75, 3.05) is 0 Å². The molecule has 0 fully saturated rings. The third-order valence-electron chi connectivity index (χ3n) is 2.77. The number of nitrogens with zero attached hydrogens (tertiary/aromatic N) is 3. The second-order valence-electron chi connectivity index (χ2n) is 4.45. The van der Waals surface area contributed by atoms with Crippen molar-refractivity contribution in [2.45, 2.75) is 24.1 Å². The van der Waals surface area contributed by atoms with Gasteiger partial charge in [0.25, 0.3) is 5.89 Å². The van der Waals surface area contributed by atoms with Crippen molar-refractivity contribution < 1.29 is 4.52 Å². The zero-order valence-electron chi connectivity index (χ0n) is 11.4. The van der Waals surface area contributed by atoms with E-state index in [4.69, 9.17) is 10.3 Å². The number of thioether (sulfide) groups is 1. The second kappa shape index (κ2) is 6.38. The van der Waals surface area contributed by atoms with Crippen LogP contribution < -0.4 is 5.73 Å². The Kier molecular flexibility index (Phi) is 4.33. The first kappa shape index (κ1) is 14.2. The molecular formula is C14H14N4OS2. The van der Waals surface area contributed by atoms with Gasteiger partial charge in [0.1, 0.15) is 10.7 Å². The molecule has 0 radical (unpaired) electrons. The molecule has 2 aromatic heterocycles. The summed E-state index contributed by atoms with van der Waals surface area (Å²) in [7, 11) is 0. The van der Waals surface area contributed by atoms with Gasteiger partial charge in [-0.25, -0.2) is 4.98 Å². The van der Waals surface area contributed by atoms with Gasteiger partial charge in [-0.3, -0.25) is 0 Å². The summed E-state index contributed by atoms with van der Waals surface area (Å²) < 4.78 is 5.25. The topological polar surface area (TPSA) is 77.8 Å². The van der Waals surface area contributed by atoms with Gasteiger partial charge < -0.3 is 10.3 Å². The van der Waals surface area contributed by atoms with E-state index in [-0.39, 0.29) is 0 Å². The number of aromatic nitrogens is 3. The largest absolute Gasteiger partial charge is 0.332 e. The summed E-state index contributed by atoms with van der Waals surface area (Å²) in [6, 6.07) is 8.34. The highest BCUT2D eigenvalue weighted by Crippen LogP contribution is 2.24. The van der Waals surface area contributed by atoms with Crippen molar-refractivity contribution in [3.05, 3.63) is 46.0 Å². The summed E-state index contributed by atoms with van der Waals surface area (Å²) in [5, 5.41) is 6.73. The van der Waals surface area contributed by atoms with E-state index < -0.39 is 0 Å². The van der Waals surface area contributed by atoms with E-state index in [1.807, 2.05) is 11.4 Å². The number of thiazole rings is 1. The Bertz CT molecular complexity index is 738. The molecule has 0 aliphatic rings. The van der Waals surface area contributed by atoms with Gasteiger partial charge in [0.2, 0.25) is 0 Å². The van der Waals surface area contributed by atoms with Crippen molar-refractivity contribution in [1.29, 1.82) is 0 Å². The van der Waals surface area contributed by atoms with Crippen LogP contribution in [0.2, 0.25) is 0 Å². The van der Waals surface area contributed by atoms with E-state index in [0.717, 1.165) is 5.01 Å². The van der Waals surface area contributed by atoms with Crippen LogP contribution in [-0.4, -0.2) is 15.1 Å². The van der Waals surface area contributed by atoms with Crippen LogP contribution in [0.1, 0.15) is 16.4 Å². The molecule has 0 unspecified atom stereocenters. The molecule has 2 heterocycles. The van der Waals surface area contributed by atoms with Crippen LogP contribution in [0, 0.1) is 6.92 Å². The van der Waals surface area contributed by atoms with Crippen LogP contribution in [-0.2, 0) is 12.3 Å². The Labute approximate surface area is 130 Å². The minimum absolute atomic E-state index is 0.425. The maximum absolute atomic E-state index is 5.55. The van der Waals surface area contributed by atoms with E-state index in [1.54, 1.807) is 11.8 Å². The van der Waals surface area contributed by atoms with Gasteiger partial charge in [-0.1, -0.05) is 22.9 Å². The summed E-state index contributed by atoms with van der Waals surface area (Å²) in [5.74, 6) is 1.78. The average molecular weight is 318 g/mol. The van der Waals surface area contributed by atoms with Crippen LogP contribution >= 0.6 is 23.1 Å². The number of benzene rings is 1.